The Balaban J connectivity index is 1.45. The summed E-state index contributed by atoms with van der Waals surface area (Å²) < 4.78 is 7.69. The molecule has 2 aromatic heterocycles. The number of hydrogen-bond acceptors (Lipinski definition) is 5. The topological polar surface area (TPSA) is 53.8 Å². The van der Waals surface area contributed by atoms with E-state index in [1.807, 2.05) is 12.3 Å². The van der Waals surface area contributed by atoms with E-state index in [-0.39, 0.29) is 6.61 Å². The van der Waals surface area contributed by atoms with Crippen molar-refractivity contribution in [3.8, 4) is 11.4 Å². The van der Waals surface area contributed by atoms with Crippen LogP contribution in [0.3, 0.4) is 0 Å². The molecule has 0 saturated carbocycles. The van der Waals surface area contributed by atoms with Crippen LogP contribution < -0.4 is 4.74 Å². The van der Waals surface area contributed by atoms with Gasteiger partial charge in [-0.05, 0) is 67.3 Å². The van der Waals surface area contributed by atoms with Crippen LogP contribution in [0.4, 0.5) is 0 Å². The number of benzene rings is 1. The predicted octanol–water partition coefficient (Wildman–Crippen LogP) is 3.57. The molecule has 1 aliphatic heterocycles. The molecule has 0 spiro atoms. The van der Waals surface area contributed by atoms with Gasteiger partial charge in [0.25, 0.3) is 0 Å². The minimum atomic E-state index is 0.210. The molecule has 0 aliphatic carbocycles. The maximum Gasteiger partial charge on any atom is 0.122 e. The van der Waals surface area contributed by atoms with Crippen LogP contribution in [0.15, 0.2) is 55.0 Å². The van der Waals surface area contributed by atoms with E-state index in [1.54, 1.807) is 13.3 Å². The molecule has 32 heavy (non-hydrogen) atoms. The fourth-order valence-corrected chi connectivity index (χ4v) is 4.72. The Morgan fingerprint density at radius 2 is 1.94 bits per heavy atom. The highest BCUT2D eigenvalue weighted by Crippen LogP contribution is 2.27. The number of pyridine rings is 1. The molecule has 170 valence electrons. The number of rotatable bonds is 8. The van der Waals surface area contributed by atoms with Gasteiger partial charge >= 0.3 is 0 Å². The third kappa shape index (κ3) is 4.88. The highest BCUT2D eigenvalue weighted by atomic mass is 16.5. The first-order valence-corrected chi connectivity index (χ1v) is 11.4. The first-order valence-electron chi connectivity index (χ1n) is 11.4. The zero-order valence-corrected chi connectivity index (χ0v) is 19.4. The second-order valence-electron chi connectivity index (χ2n) is 8.63. The van der Waals surface area contributed by atoms with Gasteiger partial charge in [0.15, 0.2) is 0 Å². The summed E-state index contributed by atoms with van der Waals surface area (Å²) in [7, 11) is 1.72. The summed E-state index contributed by atoms with van der Waals surface area (Å²) >= 11 is 0. The summed E-state index contributed by atoms with van der Waals surface area (Å²) in [5, 5.41) is 9.73. The third-order valence-electron chi connectivity index (χ3n) is 6.74. The number of ether oxygens (including phenoxy) is 1. The van der Waals surface area contributed by atoms with Crippen molar-refractivity contribution in [2.24, 2.45) is 0 Å². The Morgan fingerprint density at radius 1 is 1.06 bits per heavy atom. The van der Waals surface area contributed by atoms with Gasteiger partial charge in [-0.15, -0.1) is 0 Å². The van der Waals surface area contributed by atoms with E-state index in [1.165, 1.54) is 22.4 Å². The van der Waals surface area contributed by atoms with Crippen LogP contribution >= 0.6 is 0 Å². The zero-order chi connectivity index (χ0) is 22.5. The lowest BCUT2D eigenvalue weighted by atomic mass is 10.00. The van der Waals surface area contributed by atoms with E-state index >= 15 is 0 Å². The van der Waals surface area contributed by atoms with E-state index in [0.717, 1.165) is 50.6 Å². The van der Waals surface area contributed by atoms with Gasteiger partial charge in [-0.25, -0.2) is 0 Å². The van der Waals surface area contributed by atoms with Gasteiger partial charge in [0.05, 0.1) is 19.0 Å². The van der Waals surface area contributed by atoms with Gasteiger partial charge < -0.3 is 14.4 Å². The van der Waals surface area contributed by atoms with E-state index in [2.05, 4.69) is 69.7 Å². The quantitative estimate of drug-likeness (QED) is 0.588. The summed E-state index contributed by atoms with van der Waals surface area (Å²) in [6, 6.07) is 12.9. The second kappa shape index (κ2) is 10.3. The molecule has 0 amide bonds. The van der Waals surface area contributed by atoms with Crippen molar-refractivity contribution in [2.45, 2.75) is 39.4 Å². The maximum atomic E-state index is 9.73. The summed E-state index contributed by atoms with van der Waals surface area (Å²) in [6.07, 6.45) is 6.59. The van der Waals surface area contributed by atoms with Crippen LogP contribution in [0, 0.1) is 13.8 Å². The molecule has 1 atom stereocenters. The monoisotopic (exact) mass is 434 g/mol. The molecule has 4 rings (SSSR count). The van der Waals surface area contributed by atoms with Crippen molar-refractivity contribution in [3.05, 3.63) is 77.4 Å². The fraction of sp³-hybridized carbons (Fsp3) is 0.423. The highest BCUT2D eigenvalue weighted by molar-refractivity contribution is 5.43. The lowest BCUT2D eigenvalue weighted by Gasteiger charge is -2.41. The lowest BCUT2D eigenvalue weighted by Crippen LogP contribution is -2.52. The normalized spacial score (nSPS) is 17.6. The Kier molecular flexibility index (Phi) is 7.25. The SMILES string of the molecule is COc1ccc(CN2CCN(Cc3cccn3-c3cccnc3)C[C@H]2CCO)c(C)c1C. The van der Waals surface area contributed by atoms with E-state index in [9.17, 15) is 5.11 Å². The summed E-state index contributed by atoms with van der Waals surface area (Å²) in [4.78, 5) is 9.30. The average Bonchev–Trinajstić information content (AvgIpc) is 3.27. The standard InChI is InChI=1S/C26H34N4O2/c1-20-21(2)26(32-3)9-8-22(20)17-29-14-13-28(18-24(29)10-15-31)19-25-7-5-12-30(25)23-6-4-11-27-16-23/h4-9,11-12,16,24,31H,10,13-15,17-19H2,1-3H3/t24-/m1/s1. The number of nitrogens with zero attached hydrogens (tertiary/aromatic N) is 4. The molecule has 1 saturated heterocycles. The van der Waals surface area contributed by atoms with Crippen LogP contribution in [0.2, 0.25) is 0 Å². The van der Waals surface area contributed by atoms with Crippen molar-refractivity contribution >= 4 is 0 Å². The summed E-state index contributed by atoms with van der Waals surface area (Å²) in [6.45, 7) is 9.25. The predicted molar refractivity (Wildman–Crippen MR) is 127 cm³/mol. The van der Waals surface area contributed by atoms with Gasteiger partial charge in [0, 0.05) is 63.5 Å². The molecule has 6 nitrogen and oxygen atoms in total. The number of aromatic nitrogens is 2. The van der Waals surface area contributed by atoms with Gasteiger partial charge in [0.1, 0.15) is 5.75 Å². The van der Waals surface area contributed by atoms with E-state index in [0.29, 0.717) is 6.04 Å². The number of aliphatic hydroxyl groups excluding tert-OH is 1. The Hall–Kier alpha value is -2.67. The van der Waals surface area contributed by atoms with Crippen LogP contribution in [-0.4, -0.2) is 63.9 Å². The van der Waals surface area contributed by atoms with Crippen LogP contribution in [0.25, 0.3) is 5.69 Å². The molecule has 1 aromatic carbocycles. The molecule has 1 N–H and O–H groups in total. The average molecular weight is 435 g/mol. The molecular weight excluding hydrogens is 400 g/mol. The highest BCUT2D eigenvalue weighted by Gasteiger charge is 2.27. The molecular formula is C26H34N4O2. The smallest absolute Gasteiger partial charge is 0.122 e. The Morgan fingerprint density at radius 3 is 2.69 bits per heavy atom. The van der Waals surface area contributed by atoms with Crippen molar-refractivity contribution in [1.82, 2.24) is 19.4 Å². The molecule has 1 aliphatic rings. The minimum Gasteiger partial charge on any atom is -0.496 e. The molecule has 0 bridgehead atoms. The van der Waals surface area contributed by atoms with Gasteiger partial charge in [0.2, 0.25) is 0 Å². The molecule has 0 unspecified atom stereocenters. The summed E-state index contributed by atoms with van der Waals surface area (Å²) in [5.41, 5.74) is 6.19. The zero-order valence-electron chi connectivity index (χ0n) is 19.4. The van der Waals surface area contributed by atoms with E-state index in [4.69, 9.17) is 4.74 Å². The van der Waals surface area contributed by atoms with Gasteiger partial charge in [-0.3, -0.25) is 14.8 Å². The lowest BCUT2D eigenvalue weighted by molar-refractivity contribution is 0.0490. The largest absolute Gasteiger partial charge is 0.496 e. The number of hydrogen-bond donors (Lipinski definition) is 1. The summed E-state index contributed by atoms with van der Waals surface area (Å²) in [5.74, 6) is 0.944. The Labute approximate surface area is 191 Å². The second-order valence-corrected chi connectivity index (χ2v) is 8.63. The molecule has 6 heteroatoms. The van der Waals surface area contributed by atoms with E-state index < -0.39 is 0 Å². The molecule has 3 aromatic rings. The molecule has 3 heterocycles. The fourth-order valence-electron chi connectivity index (χ4n) is 4.72. The van der Waals surface area contributed by atoms with Crippen LogP contribution in [0.1, 0.15) is 28.8 Å². The molecule has 1 fully saturated rings. The number of aliphatic hydroxyl groups is 1. The number of methoxy groups -OCH3 is 1. The van der Waals surface area contributed by atoms with Crippen LogP contribution in [-0.2, 0) is 13.1 Å². The third-order valence-corrected chi connectivity index (χ3v) is 6.74. The van der Waals surface area contributed by atoms with Gasteiger partial charge in [-0.2, -0.15) is 0 Å². The minimum absolute atomic E-state index is 0.210. The maximum absolute atomic E-state index is 9.73. The van der Waals surface area contributed by atoms with Crippen LogP contribution in [0.5, 0.6) is 5.75 Å². The van der Waals surface area contributed by atoms with Crippen molar-refractivity contribution in [1.29, 1.82) is 0 Å². The molecule has 0 radical (unpaired) electrons. The first kappa shape index (κ1) is 22.5. The van der Waals surface area contributed by atoms with Crippen molar-refractivity contribution in [2.75, 3.05) is 33.4 Å². The number of piperazine rings is 1. The Bertz CT molecular complexity index is 1020. The van der Waals surface area contributed by atoms with Crippen molar-refractivity contribution < 1.29 is 9.84 Å². The van der Waals surface area contributed by atoms with Gasteiger partial charge in [-0.1, -0.05) is 6.07 Å². The first-order chi connectivity index (χ1) is 15.6. The van der Waals surface area contributed by atoms with Crippen molar-refractivity contribution in [3.63, 3.8) is 0 Å².